The number of nitro groups is 1. The number of benzene rings is 2. The number of nitro benzene ring substituents is 1. The van der Waals surface area contributed by atoms with Crippen LogP contribution in [0, 0.1) is 28.4 Å². The molecule has 4 nitrogen and oxygen atoms in total. The Morgan fingerprint density at radius 1 is 1.24 bits per heavy atom. The number of rotatable bonds is 3. The van der Waals surface area contributed by atoms with Gasteiger partial charge in [0.2, 0.25) is 0 Å². The van der Waals surface area contributed by atoms with E-state index in [0.29, 0.717) is 16.1 Å². The first-order chi connectivity index (χ1) is 9.93. The third-order valence-corrected chi connectivity index (χ3v) is 3.72. The third-order valence-electron chi connectivity index (χ3n) is 3.15. The van der Waals surface area contributed by atoms with Crippen molar-refractivity contribution >= 4 is 28.9 Å². The molecule has 106 valence electrons. The van der Waals surface area contributed by atoms with Gasteiger partial charge in [0, 0.05) is 17.2 Å². The van der Waals surface area contributed by atoms with E-state index < -0.39 is 10.8 Å². The molecule has 6 heteroatoms. The first-order valence-electron chi connectivity index (χ1n) is 6.03. The monoisotopic (exact) mass is 320 g/mol. The average Bonchev–Trinajstić information content (AvgIpc) is 2.43. The lowest BCUT2D eigenvalue weighted by Crippen LogP contribution is -2.03. The van der Waals surface area contributed by atoms with Crippen LogP contribution in [0.5, 0.6) is 0 Å². The predicted molar refractivity (Wildman–Crippen MR) is 81.8 cm³/mol. The number of aryl methyl sites for hydroxylation is 1. The third kappa shape index (κ3) is 3.15. The molecular formula is C15H10Cl2N2O2. The maximum atomic E-state index is 10.8. The van der Waals surface area contributed by atoms with Crippen molar-refractivity contribution in [2.75, 3.05) is 0 Å². The number of halogens is 2. The van der Waals surface area contributed by atoms with Gasteiger partial charge in [0.15, 0.2) is 0 Å². The van der Waals surface area contributed by atoms with Crippen LogP contribution < -0.4 is 0 Å². The van der Waals surface area contributed by atoms with Crippen molar-refractivity contribution in [2.24, 2.45) is 0 Å². The molecule has 0 N–H and O–H groups in total. The number of nitrogens with zero attached hydrogens (tertiary/aromatic N) is 2. The molecule has 0 saturated heterocycles. The highest BCUT2D eigenvalue weighted by atomic mass is 35.5. The van der Waals surface area contributed by atoms with Gasteiger partial charge >= 0.3 is 0 Å². The molecule has 0 aromatic heterocycles. The van der Waals surface area contributed by atoms with Gasteiger partial charge in [-0.05, 0) is 35.7 Å². The number of hydrogen-bond acceptors (Lipinski definition) is 3. The van der Waals surface area contributed by atoms with Crippen molar-refractivity contribution in [2.45, 2.75) is 12.8 Å². The van der Waals surface area contributed by atoms with Gasteiger partial charge in [-0.3, -0.25) is 10.1 Å². The van der Waals surface area contributed by atoms with Crippen LogP contribution >= 0.6 is 23.2 Å². The SMILES string of the molecule is Cc1cc([N+](=O)[O-])cc(Cl)c1C(C#N)c1ccc(Cl)cc1. The minimum atomic E-state index is -0.601. The van der Waals surface area contributed by atoms with Crippen LogP contribution in [0.15, 0.2) is 36.4 Å². The quantitative estimate of drug-likeness (QED) is 0.598. The molecule has 21 heavy (non-hydrogen) atoms. The zero-order valence-electron chi connectivity index (χ0n) is 11.0. The van der Waals surface area contributed by atoms with Gasteiger partial charge in [0.25, 0.3) is 5.69 Å². The van der Waals surface area contributed by atoms with Crippen LogP contribution in [-0.4, -0.2) is 4.92 Å². The summed E-state index contributed by atoms with van der Waals surface area (Å²) in [6, 6.07) is 11.7. The highest BCUT2D eigenvalue weighted by molar-refractivity contribution is 6.32. The molecule has 0 saturated carbocycles. The van der Waals surface area contributed by atoms with Crippen molar-refractivity contribution in [1.29, 1.82) is 5.26 Å². The summed E-state index contributed by atoms with van der Waals surface area (Å²) in [5.74, 6) is -0.601. The summed E-state index contributed by atoms with van der Waals surface area (Å²) in [5, 5.41) is 21.1. The van der Waals surface area contributed by atoms with Gasteiger partial charge in [-0.15, -0.1) is 0 Å². The van der Waals surface area contributed by atoms with Gasteiger partial charge in [-0.1, -0.05) is 35.3 Å². The van der Waals surface area contributed by atoms with Crippen LogP contribution in [0.1, 0.15) is 22.6 Å². The first kappa shape index (κ1) is 15.3. The van der Waals surface area contributed by atoms with E-state index in [4.69, 9.17) is 23.2 Å². The van der Waals surface area contributed by atoms with Crippen molar-refractivity contribution < 1.29 is 4.92 Å². The minimum Gasteiger partial charge on any atom is -0.258 e. The molecule has 0 aliphatic carbocycles. The standard InChI is InChI=1S/C15H10Cl2N2O2/c1-9-6-12(19(20)21)7-14(17)15(9)13(8-18)10-2-4-11(16)5-3-10/h2-7,13H,1H3. The predicted octanol–water partition coefficient (Wildman–Crippen LogP) is 4.87. The Balaban J connectivity index is 2.56. The number of non-ortho nitro benzene ring substituents is 1. The molecule has 0 heterocycles. The van der Waals surface area contributed by atoms with Crippen molar-refractivity contribution in [3.05, 3.63) is 73.2 Å². The fourth-order valence-electron chi connectivity index (χ4n) is 2.17. The largest absolute Gasteiger partial charge is 0.271 e. The summed E-state index contributed by atoms with van der Waals surface area (Å²) in [6.07, 6.45) is 0. The molecule has 0 fully saturated rings. The normalized spacial score (nSPS) is 11.7. The molecule has 1 unspecified atom stereocenters. The Bertz CT molecular complexity index is 713. The van der Waals surface area contributed by atoms with Crippen LogP contribution in [0.25, 0.3) is 0 Å². The Labute approximate surface area is 131 Å². The molecular weight excluding hydrogens is 311 g/mol. The van der Waals surface area contributed by atoms with Crippen LogP contribution in [0.2, 0.25) is 10.0 Å². The van der Waals surface area contributed by atoms with Crippen LogP contribution in [0.3, 0.4) is 0 Å². The minimum absolute atomic E-state index is 0.0888. The summed E-state index contributed by atoms with van der Waals surface area (Å²) in [7, 11) is 0. The van der Waals surface area contributed by atoms with E-state index in [0.717, 1.165) is 5.56 Å². The molecule has 0 aliphatic heterocycles. The molecule has 0 bridgehead atoms. The Kier molecular flexibility index (Phi) is 4.46. The lowest BCUT2D eigenvalue weighted by Gasteiger charge is -2.14. The molecule has 2 aromatic rings. The van der Waals surface area contributed by atoms with E-state index in [1.165, 1.54) is 12.1 Å². The Morgan fingerprint density at radius 3 is 2.33 bits per heavy atom. The van der Waals surface area contributed by atoms with Gasteiger partial charge in [0.1, 0.15) is 0 Å². The molecule has 2 aromatic carbocycles. The second-order valence-electron chi connectivity index (χ2n) is 4.53. The van der Waals surface area contributed by atoms with E-state index in [-0.39, 0.29) is 10.7 Å². The first-order valence-corrected chi connectivity index (χ1v) is 6.79. The van der Waals surface area contributed by atoms with Crippen LogP contribution in [0.4, 0.5) is 5.69 Å². The lowest BCUT2D eigenvalue weighted by molar-refractivity contribution is -0.384. The van der Waals surface area contributed by atoms with Crippen molar-refractivity contribution in [3.8, 4) is 6.07 Å². The fourth-order valence-corrected chi connectivity index (χ4v) is 2.67. The fraction of sp³-hybridized carbons (Fsp3) is 0.133. The van der Waals surface area contributed by atoms with Crippen molar-refractivity contribution in [3.63, 3.8) is 0 Å². The summed E-state index contributed by atoms with van der Waals surface area (Å²) < 4.78 is 0. The molecule has 0 aliphatic rings. The average molecular weight is 321 g/mol. The lowest BCUT2D eigenvalue weighted by atomic mass is 9.89. The summed E-state index contributed by atoms with van der Waals surface area (Å²) in [6.45, 7) is 1.70. The Hall–Kier alpha value is -2.09. The van der Waals surface area contributed by atoms with Crippen molar-refractivity contribution in [1.82, 2.24) is 0 Å². The maximum Gasteiger partial charge on any atom is 0.271 e. The molecule has 1 atom stereocenters. The summed E-state index contributed by atoms with van der Waals surface area (Å²) in [4.78, 5) is 10.3. The molecule has 0 radical (unpaired) electrons. The van der Waals surface area contributed by atoms with E-state index in [9.17, 15) is 15.4 Å². The summed E-state index contributed by atoms with van der Waals surface area (Å²) in [5.41, 5.74) is 1.83. The van der Waals surface area contributed by atoms with Gasteiger partial charge in [-0.25, -0.2) is 0 Å². The second-order valence-corrected chi connectivity index (χ2v) is 5.37. The second kappa shape index (κ2) is 6.13. The summed E-state index contributed by atoms with van der Waals surface area (Å²) >= 11 is 12.0. The maximum absolute atomic E-state index is 10.8. The van der Waals surface area contributed by atoms with E-state index in [2.05, 4.69) is 6.07 Å². The highest BCUT2D eigenvalue weighted by Gasteiger charge is 2.22. The highest BCUT2D eigenvalue weighted by Crippen LogP contribution is 2.35. The molecule has 0 amide bonds. The van der Waals surface area contributed by atoms with Gasteiger partial charge in [-0.2, -0.15) is 5.26 Å². The topological polar surface area (TPSA) is 66.9 Å². The zero-order chi connectivity index (χ0) is 15.6. The van der Waals surface area contributed by atoms with E-state index >= 15 is 0 Å². The van der Waals surface area contributed by atoms with E-state index in [1.807, 2.05) is 0 Å². The van der Waals surface area contributed by atoms with Crippen LogP contribution in [-0.2, 0) is 0 Å². The smallest absolute Gasteiger partial charge is 0.258 e. The van der Waals surface area contributed by atoms with Gasteiger partial charge < -0.3 is 0 Å². The molecule has 2 rings (SSSR count). The number of hydrogen-bond donors (Lipinski definition) is 0. The Morgan fingerprint density at radius 2 is 1.86 bits per heavy atom. The van der Waals surface area contributed by atoms with E-state index in [1.54, 1.807) is 31.2 Å². The molecule has 0 spiro atoms. The zero-order valence-corrected chi connectivity index (χ0v) is 12.5. The number of nitriles is 1. The van der Waals surface area contributed by atoms with Gasteiger partial charge in [0.05, 0.1) is 21.9 Å².